The van der Waals surface area contributed by atoms with Crippen LogP contribution >= 0.6 is 0 Å². The number of unbranched alkanes of at least 4 members (excludes halogenated alkanes) is 8. The second-order valence-electron chi connectivity index (χ2n) is 4.73. The lowest BCUT2D eigenvalue weighted by atomic mass is 10.1. The molecule has 0 spiro atoms. The first kappa shape index (κ1) is 16.5. The van der Waals surface area contributed by atoms with Gasteiger partial charge in [-0.05, 0) is 32.6 Å². The van der Waals surface area contributed by atoms with E-state index in [1.54, 1.807) is 0 Å². The summed E-state index contributed by atoms with van der Waals surface area (Å²) in [6, 6.07) is 0. The number of hydrogen-bond acceptors (Lipinski definition) is 0. The molecule has 0 aliphatic heterocycles. The average Bonchev–Trinajstić information content (AvgIpc) is 2.35. The maximum atomic E-state index is 3.77. The SMILES string of the molecule is [CH2]C/C=C/C/C=C/CCCCCCCCCC. The highest BCUT2D eigenvalue weighted by atomic mass is 14.0. The van der Waals surface area contributed by atoms with Crippen molar-refractivity contribution in [1.29, 1.82) is 0 Å². The molecular formula is C17H31. The van der Waals surface area contributed by atoms with Crippen molar-refractivity contribution in [3.63, 3.8) is 0 Å². The van der Waals surface area contributed by atoms with E-state index in [1.807, 2.05) is 0 Å². The van der Waals surface area contributed by atoms with E-state index in [0.717, 1.165) is 12.8 Å². The normalized spacial score (nSPS) is 11.9. The zero-order valence-electron chi connectivity index (χ0n) is 11.8. The van der Waals surface area contributed by atoms with Gasteiger partial charge in [0.25, 0.3) is 0 Å². The van der Waals surface area contributed by atoms with Crippen molar-refractivity contribution in [1.82, 2.24) is 0 Å². The Kier molecular flexibility index (Phi) is 15.0. The molecule has 17 heavy (non-hydrogen) atoms. The minimum atomic E-state index is 0.909. The Hall–Kier alpha value is -0.520. The van der Waals surface area contributed by atoms with Crippen LogP contribution in [0.2, 0.25) is 0 Å². The van der Waals surface area contributed by atoms with E-state index < -0.39 is 0 Å². The Morgan fingerprint density at radius 1 is 0.706 bits per heavy atom. The molecule has 0 nitrogen and oxygen atoms in total. The summed E-state index contributed by atoms with van der Waals surface area (Å²) in [7, 11) is 0. The third-order valence-corrected chi connectivity index (χ3v) is 3.00. The van der Waals surface area contributed by atoms with Crippen molar-refractivity contribution in [2.75, 3.05) is 0 Å². The van der Waals surface area contributed by atoms with Gasteiger partial charge in [-0.15, -0.1) is 0 Å². The highest BCUT2D eigenvalue weighted by molar-refractivity contribution is 4.92. The Labute approximate surface area is 109 Å². The highest BCUT2D eigenvalue weighted by Gasteiger charge is 1.89. The lowest BCUT2D eigenvalue weighted by molar-refractivity contribution is 0.577. The molecule has 0 amide bonds. The Balaban J connectivity index is 3.05. The first-order valence-corrected chi connectivity index (χ1v) is 7.51. The summed E-state index contributed by atoms with van der Waals surface area (Å²) in [6.45, 7) is 6.05. The van der Waals surface area contributed by atoms with Crippen LogP contribution in [0.1, 0.15) is 77.6 Å². The summed E-state index contributed by atoms with van der Waals surface area (Å²) in [4.78, 5) is 0. The smallest absolute Gasteiger partial charge is 0.0169 e. The number of hydrogen-bond donors (Lipinski definition) is 0. The van der Waals surface area contributed by atoms with Gasteiger partial charge in [0.05, 0.1) is 0 Å². The molecule has 0 heteroatoms. The third kappa shape index (κ3) is 15.5. The molecule has 0 aromatic heterocycles. The summed E-state index contributed by atoms with van der Waals surface area (Å²) in [5.41, 5.74) is 0. The predicted molar refractivity (Wildman–Crippen MR) is 80.1 cm³/mol. The fourth-order valence-corrected chi connectivity index (χ4v) is 1.90. The fraction of sp³-hybridized carbons (Fsp3) is 0.706. The lowest BCUT2D eigenvalue weighted by Crippen LogP contribution is -1.79. The van der Waals surface area contributed by atoms with Gasteiger partial charge < -0.3 is 0 Å². The number of rotatable bonds is 12. The molecule has 0 aromatic carbocycles. The highest BCUT2D eigenvalue weighted by Crippen LogP contribution is 2.09. The first-order chi connectivity index (χ1) is 8.41. The van der Waals surface area contributed by atoms with Crippen LogP contribution in [0.25, 0.3) is 0 Å². The van der Waals surface area contributed by atoms with Crippen molar-refractivity contribution in [3.05, 3.63) is 31.2 Å². The molecule has 0 N–H and O–H groups in total. The van der Waals surface area contributed by atoms with Crippen LogP contribution in [0, 0.1) is 6.92 Å². The van der Waals surface area contributed by atoms with Gasteiger partial charge in [0.2, 0.25) is 0 Å². The van der Waals surface area contributed by atoms with E-state index in [-0.39, 0.29) is 0 Å². The monoisotopic (exact) mass is 235 g/mol. The van der Waals surface area contributed by atoms with E-state index in [4.69, 9.17) is 0 Å². The van der Waals surface area contributed by atoms with Crippen LogP contribution in [0.15, 0.2) is 24.3 Å². The second kappa shape index (κ2) is 15.5. The number of allylic oxidation sites excluding steroid dienone is 4. The maximum Gasteiger partial charge on any atom is -0.0169 e. The van der Waals surface area contributed by atoms with Gasteiger partial charge in [0.1, 0.15) is 0 Å². The second-order valence-corrected chi connectivity index (χ2v) is 4.73. The average molecular weight is 235 g/mol. The van der Waals surface area contributed by atoms with Crippen LogP contribution in [-0.4, -0.2) is 0 Å². The summed E-state index contributed by atoms with van der Waals surface area (Å²) < 4.78 is 0. The summed E-state index contributed by atoms with van der Waals surface area (Å²) >= 11 is 0. The van der Waals surface area contributed by atoms with Crippen molar-refractivity contribution < 1.29 is 0 Å². The van der Waals surface area contributed by atoms with Gasteiger partial charge >= 0.3 is 0 Å². The molecule has 0 aliphatic rings. The molecule has 0 aromatic rings. The van der Waals surface area contributed by atoms with Crippen LogP contribution in [-0.2, 0) is 0 Å². The molecule has 0 rings (SSSR count). The van der Waals surface area contributed by atoms with E-state index in [9.17, 15) is 0 Å². The maximum absolute atomic E-state index is 3.77. The Morgan fingerprint density at radius 2 is 1.29 bits per heavy atom. The zero-order valence-corrected chi connectivity index (χ0v) is 11.8. The van der Waals surface area contributed by atoms with Crippen molar-refractivity contribution in [2.45, 2.75) is 77.6 Å². The van der Waals surface area contributed by atoms with E-state index in [2.05, 4.69) is 38.2 Å². The van der Waals surface area contributed by atoms with E-state index in [0.29, 0.717) is 0 Å². The third-order valence-electron chi connectivity index (χ3n) is 3.00. The summed E-state index contributed by atoms with van der Waals surface area (Å²) in [5, 5.41) is 0. The van der Waals surface area contributed by atoms with Crippen molar-refractivity contribution >= 4 is 0 Å². The van der Waals surface area contributed by atoms with Gasteiger partial charge in [-0.3, -0.25) is 0 Å². The minimum Gasteiger partial charge on any atom is -0.0882 e. The molecule has 1 radical (unpaired) electrons. The van der Waals surface area contributed by atoms with Crippen LogP contribution in [0.3, 0.4) is 0 Å². The quantitative estimate of drug-likeness (QED) is 0.277. The molecule has 99 valence electrons. The zero-order chi connectivity index (χ0) is 12.6. The van der Waals surface area contributed by atoms with Gasteiger partial charge in [0, 0.05) is 0 Å². The van der Waals surface area contributed by atoms with Crippen LogP contribution in [0.4, 0.5) is 0 Å². The van der Waals surface area contributed by atoms with Gasteiger partial charge in [-0.2, -0.15) is 0 Å². The largest absolute Gasteiger partial charge is 0.0882 e. The molecule has 0 bridgehead atoms. The standard InChI is InChI=1S/C17H31/c1-3-5-7-9-11-13-15-17-16-14-12-10-8-6-4-2/h5,7,11,13H,1,3-4,6,8-10,12,14-17H2,2H3/b7-5+,13-11+. The Bertz CT molecular complexity index is 176. The fourth-order valence-electron chi connectivity index (χ4n) is 1.90. The molecule has 0 fully saturated rings. The molecule has 0 saturated carbocycles. The van der Waals surface area contributed by atoms with E-state index >= 15 is 0 Å². The minimum absolute atomic E-state index is 0.909. The van der Waals surface area contributed by atoms with Gasteiger partial charge in [-0.25, -0.2) is 0 Å². The summed E-state index contributed by atoms with van der Waals surface area (Å²) in [5.74, 6) is 0. The van der Waals surface area contributed by atoms with Crippen LogP contribution in [0.5, 0.6) is 0 Å². The Morgan fingerprint density at radius 3 is 1.94 bits per heavy atom. The molecule has 0 saturated heterocycles. The van der Waals surface area contributed by atoms with Gasteiger partial charge in [0.15, 0.2) is 0 Å². The van der Waals surface area contributed by atoms with Crippen molar-refractivity contribution in [2.24, 2.45) is 0 Å². The predicted octanol–water partition coefficient (Wildman–Crippen LogP) is 6.24. The lowest BCUT2D eigenvalue weighted by Gasteiger charge is -1.99. The van der Waals surface area contributed by atoms with Crippen LogP contribution < -0.4 is 0 Å². The topological polar surface area (TPSA) is 0 Å². The molecule has 0 atom stereocenters. The molecule has 0 unspecified atom stereocenters. The first-order valence-electron chi connectivity index (χ1n) is 7.51. The summed E-state index contributed by atoms with van der Waals surface area (Å²) in [6.07, 6.45) is 23.5. The van der Waals surface area contributed by atoms with Crippen molar-refractivity contribution in [3.8, 4) is 0 Å². The molecule has 0 aliphatic carbocycles. The molecular weight excluding hydrogens is 204 g/mol. The van der Waals surface area contributed by atoms with Gasteiger partial charge in [-0.1, -0.05) is 76.2 Å². The molecule has 0 heterocycles. The van der Waals surface area contributed by atoms with E-state index in [1.165, 1.54) is 57.8 Å².